The van der Waals surface area contributed by atoms with Gasteiger partial charge in [-0.05, 0) is 45.3 Å². The van der Waals surface area contributed by atoms with Crippen LogP contribution in [0.25, 0.3) is 6.08 Å². The van der Waals surface area contributed by atoms with Crippen LogP contribution in [0.5, 0.6) is 11.5 Å². The molecule has 0 aliphatic carbocycles. The lowest BCUT2D eigenvalue weighted by Gasteiger charge is -2.38. The minimum atomic E-state index is -0.569. The molecule has 26 heavy (non-hydrogen) atoms. The van der Waals surface area contributed by atoms with E-state index in [9.17, 15) is 9.59 Å². The Morgan fingerprint density at radius 1 is 1.15 bits per heavy atom. The van der Waals surface area contributed by atoms with Crippen LogP contribution >= 0.6 is 0 Å². The quantitative estimate of drug-likeness (QED) is 0.576. The first-order valence-electron chi connectivity index (χ1n) is 8.85. The van der Waals surface area contributed by atoms with Crippen molar-refractivity contribution < 1.29 is 23.8 Å². The summed E-state index contributed by atoms with van der Waals surface area (Å²) in [5, 5.41) is 0. The van der Waals surface area contributed by atoms with Gasteiger partial charge in [0.25, 0.3) is 5.91 Å². The summed E-state index contributed by atoms with van der Waals surface area (Å²) in [4.78, 5) is 26.2. The third-order valence-corrected chi connectivity index (χ3v) is 4.65. The second-order valence-electron chi connectivity index (χ2n) is 6.45. The molecule has 1 amide bonds. The molecule has 0 unspecified atom stereocenters. The molecular formula is C20H27NO5. The maximum atomic E-state index is 12.4. The highest BCUT2D eigenvalue weighted by Crippen LogP contribution is 2.31. The number of carbonyl (C=O) groups excluding carboxylic acids is 2. The molecule has 1 aliphatic heterocycles. The Balaban J connectivity index is 1.95. The van der Waals surface area contributed by atoms with Gasteiger partial charge in [0.05, 0.1) is 14.2 Å². The molecule has 1 aromatic carbocycles. The molecule has 0 N–H and O–H groups in total. The number of esters is 1. The second-order valence-corrected chi connectivity index (χ2v) is 6.45. The molecule has 142 valence electrons. The highest BCUT2D eigenvalue weighted by Gasteiger charge is 2.29. The monoisotopic (exact) mass is 361 g/mol. The molecule has 2 rings (SSSR count). The Kier molecular flexibility index (Phi) is 7.06. The summed E-state index contributed by atoms with van der Waals surface area (Å²) in [6.07, 6.45) is 5.96. The number of methoxy groups -OCH3 is 2. The van der Waals surface area contributed by atoms with Crippen LogP contribution in [0.1, 0.15) is 38.7 Å². The number of rotatable bonds is 6. The minimum Gasteiger partial charge on any atom is -0.493 e. The minimum absolute atomic E-state index is 0.148. The number of amides is 1. The van der Waals surface area contributed by atoms with Gasteiger partial charge in [-0.15, -0.1) is 0 Å². The van der Waals surface area contributed by atoms with Crippen molar-refractivity contribution >= 4 is 18.0 Å². The van der Waals surface area contributed by atoms with E-state index >= 15 is 0 Å². The number of hydrogen-bond acceptors (Lipinski definition) is 5. The summed E-state index contributed by atoms with van der Waals surface area (Å²) in [7, 11) is 3.08. The zero-order valence-electron chi connectivity index (χ0n) is 15.9. The van der Waals surface area contributed by atoms with Crippen LogP contribution in [0.4, 0.5) is 0 Å². The fraction of sp³-hybridized carbons (Fsp3) is 0.500. The van der Waals surface area contributed by atoms with Gasteiger partial charge in [-0.25, -0.2) is 4.79 Å². The van der Waals surface area contributed by atoms with Gasteiger partial charge in [-0.3, -0.25) is 4.79 Å². The predicted molar refractivity (Wildman–Crippen MR) is 99.2 cm³/mol. The first kappa shape index (κ1) is 19.8. The topological polar surface area (TPSA) is 65.1 Å². The number of likely N-dealkylation sites (tertiary alicyclic amines) is 1. The molecule has 1 aromatic rings. The summed E-state index contributed by atoms with van der Waals surface area (Å²) in [6.45, 7) is 3.82. The number of carbonyl (C=O) groups is 2. The standard InChI is InChI=1S/C20H27NO5/c1-14-7-5-8-15(2)21(14)18(22)13-26-19(23)12-11-16-9-6-10-17(24-3)20(16)25-4/h6,9-12,14-15H,5,7-8,13H2,1-4H3/b12-11+/t14-,15-/m1/s1. The first-order chi connectivity index (χ1) is 12.5. The molecule has 2 atom stereocenters. The Morgan fingerprint density at radius 3 is 2.46 bits per heavy atom. The van der Waals surface area contributed by atoms with Crippen molar-refractivity contribution in [2.45, 2.75) is 45.2 Å². The lowest BCUT2D eigenvalue weighted by atomic mass is 9.97. The zero-order chi connectivity index (χ0) is 19.1. The summed E-state index contributed by atoms with van der Waals surface area (Å²) >= 11 is 0. The lowest BCUT2D eigenvalue weighted by molar-refractivity contribution is -0.151. The summed E-state index contributed by atoms with van der Waals surface area (Å²) in [5.41, 5.74) is 0.688. The van der Waals surface area contributed by atoms with Gasteiger partial charge < -0.3 is 19.1 Å². The van der Waals surface area contributed by atoms with Crippen LogP contribution in [-0.2, 0) is 14.3 Å². The van der Waals surface area contributed by atoms with Gasteiger partial charge >= 0.3 is 5.97 Å². The van der Waals surface area contributed by atoms with Crippen molar-refractivity contribution in [3.05, 3.63) is 29.8 Å². The normalized spacial score (nSPS) is 20.1. The number of para-hydroxylation sites is 1. The van der Waals surface area contributed by atoms with E-state index in [1.807, 2.05) is 18.7 Å². The third kappa shape index (κ3) is 4.77. The van der Waals surface area contributed by atoms with Gasteiger partial charge in [0, 0.05) is 23.7 Å². The van der Waals surface area contributed by atoms with E-state index in [0.717, 1.165) is 19.3 Å². The Labute approximate surface area is 154 Å². The molecule has 1 saturated heterocycles. The molecule has 6 heteroatoms. The summed E-state index contributed by atoms with van der Waals surface area (Å²) < 4.78 is 15.7. The smallest absolute Gasteiger partial charge is 0.331 e. The van der Waals surface area contributed by atoms with Gasteiger partial charge in [0.1, 0.15) is 0 Å². The fourth-order valence-corrected chi connectivity index (χ4v) is 3.37. The van der Waals surface area contributed by atoms with Crippen molar-refractivity contribution in [1.29, 1.82) is 0 Å². The predicted octanol–water partition coefficient (Wildman–Crippen LogP) is 3.05. The van der Waals surface area contributed by atoms with Gasteiger partial charge in [0.2, 0.25) is 0 Å². The molecule has 1 aliphatic rings. The van der Waals surface area contributed by atoms with Gasteiger partial charge in [-0.1, -0.05) is 12.1 Å². The fourth-order valence-electron chi connectivity index (χ4n) is 3.37. The molecule has 0 radical (unpaired) electrons. The lowest BCUT2D eigenvalue weighted by Crippen LogP contribution is -2.49. The van der Waals surface area contributed by atoms with Crippen molar-refractivity contribution in [2.75, 3.05) is 20.8 Å². The largest absolute Gasteiger partial charge is 0.493 e. The molecule has 0 bridgehead atoms. The molecule has 1 fully saturated rings. The number of hydrogen-bond donors (Lipinski definition) is 0. The highest BCUT2D eigenvalue weighted by molar-refractivity contribution is 5.90. The average molecular weight is 361 g/mol. The van der Waals surface area contributed by atoms with E-state index in [2.05, 4.69) is 0 Å². The van der Waals surface area contributed by atoms with Gasteiger partial charge in [-0.2, -0.15) is 0 Å². The maximum absolute atomic E-state index is 12.4. The van der Waals surface area contributed by atoms with Crippen LogP contribution < -0.4 is 9.47 Å². The molecule has 0 aromatic heterocycles. The van der Waals surface area contributed by atoms with Crippen LogP contribution in [0, 0.1) is 0 Å². The number of ether oxygens (including phenoxy) is 3. The van der Waals surface area contributed by atoms with Crippen LogP contribution in [0.2, 0.25) is 0 Å². The van der Waals surface area contributed by atoms with E-state index in [1.165, 1.54) is 13.2 Å². The number of piperidine rings is 1. The van der Waals surface area contributed by atoms with Crippen LogP contribution in [-0.4, -0.2) is 49.7 Å². The van der Waals surface area contributed by atoms with Crippen LogP contribution in [0.15, 0.2) is 24.3 Å². The van der Waals surface area contributed by atoms with Crippen LogP contribution in [0.3, 0.4) is 0 Å². The van der Waals surface area contributed by atoms with Gasteiger partial charge in [0.15, 0.2) is 18.1 Å². The molecule has 0 saturated carbocycles. The SMILES string of the molecule is COc1cccc(/C=C/C(=O)OCC(=O)N2[C@H](C)CCC[C@H]2C)c1OC. The zero-order valence-corrected chi connectivity index (χ0v) is 15.9. The molecule has 1 heterocycles. The van der Waals surface area contributed by atoms with E-state index in [4.69, 9.17) is 14.2 Å². The average Bonchev–Trinajstić information content (AvgIpc) is 2.63. The maximum Gasteiger partial charge on any atom is 0.331 e. The number of benzene rings is 1. The summed E-state index contributed by atoms with van der Waals surface area (Å²) in [6, 6.07) is 5.74. The molecule has 0 spiro atoms. The van der Waals surface area contributed by atoms with Crippen molar-refractivity contribution in [2.24, 2.45) is 0 Å². The molecule has 6 nitrogen and oxygen atoms in total. The summed E-state index contributed by atoms with van der Waals surface area (Å²) in [5.74, 6) is 0.392. The third-order valence-electron chi connectivity index (χ3n) is 4.65. The second kappa shape index (κ2) is 9.27. The highest BCUT2D eigenvalue weighted by atomic mass is 16.5. The van der Waals surface area contributed by atoms with E-state index in [1.54, 1.807) is 31.4 Å². The van der Waals surface area contributed by atoms with Crippen molar-refractivity contribution in [3.8, 4) is 11.5 Å². The Morgan fingerprint density at radius 2 is 1.85 bits per heavy atom. The Bertz CT molecular complexity index is 660. The van der Waals surface area contributed by atoms with E-state index in [-0.39, 0.29) is 24.6 Å². The first-order valence-corrected chi connectivity index (χ1v) is 8.85. The van der Waals surface area contributed by atoms with Crippen molar-refractivity contribution in [3.63, 3.8) is 0 Å². The number of nitrogens with zero attached hydrogens (tertiary/aromatic N) is 1. The van der Waals surface area contributed by atoms with E-state index in [0.29, 0.717) is 17.1 Å². The molecular weight excluding hydrogens is 334 g/mol. The van der Waals surface area contributed by atoms with E-state index < -0.39 is 5.97 Å². The Hall–Kier alpha value is -2.50. The van der Waals surface area contributed by atoms with Crippen molar-refractivity contribution in [1.82, 2.24) is 4.90 Å².